The van der Waals surface area contributed by atoms with Crippen LogP contribution in [0.5, 0.6) is 0 Å². The zero-order chi connectivity index (χ0) is 22.1. The van der Waals surface area contributed by atoms with Gasteiger partial charge >= 0.3 is 5.63 Å². The van der Waals surface area contributed by atoms with Gasteiger partial charge in [-0.05, 0) is 50.1 Å². The van der Waals surface area contributed by atoms with Crippen LogP contribution in [0.4, 0.5) is 0 Å². The Morgan fingerprint density at radius 3 is 2.20 bits per heavy atom. The summed E-state index contributed by atoms with van der Waals surface area (Å²) in [5.74, 6) is -0.573. The van der Waals surface area contributed by atoms with E-state index < -0.39 is 20.7 Å². The van der Waals surface area contributed by atoms with E-state index in [0.717, 1.165) is 0 Å². The van der Waals surface area contributed by atoms with Gasteiger partial charge in [-0.25, -0.2) is 13.2 Å². The van der Waals surface area contributed by atoms with E-state index in [2.05, 4.69) is 0 Å². The van der Waals surface area contributed by atoms with Gasteiger partial charge in [0.1, 0.15) is 11.1 Å². The molecule has 0 saturated carbocycles. The Morgan fingerprint density at radius 2 is 1.60 bits per heavy atom. The second kappa shape index (κ2) is 8.36. The normalized spacial score (nSPS) is 11.7. The molecule has 0 unspecified atom stereocenters. The Bertz CT molecular complexity index is 1280. The van der Waals surface area contributed by atoms with Crippen molar-refractivity contribution in [2.24, 2.45) is 0 Å². The summed E-state index contributed by atoms with van der Waals surface area (Å²) in [6.07, 6.45) is 0.119. The third kappa shape index (κ3) is 4.74. The lowest BCUT2D eigenvalue weighted by Crippen LogP contribution is -2.16. The van der Waals surface area contributed by atoms with Crippen molar-refractivity contribution < 1.29 is 22.4 Å². The molecule has 0 saturated heterocycles. The highest BCUT2D eigenvalue weighted by Crippen LogP contribution is 2.18. The minimum absolute atomic E-state index is 0.0297. The fourth-order valence-corrected chi connectivity index (χ4v) is 3.99. The van der Waals surface area contributed by atoms with Crippen molar-refractivity contribution in [3.63, 3.8) is 0 Å². The fraction of sp³-hybridized carbons (Fsp3) is 0.261. The Balaban J connectivity index is 1.80. The van der Waals surface area contributed by atoms with E-state index in [1.807, 2.05) is 0 Å². The molecule has 30 heavy (non-hydrogen) atoms. The first-order chi connectivity index (χ1) is 14.1. The lowest BCUT2D eigenvalue weighted by molar-refractivity contribution is 0.0989. The number of ketones is 2. The van der Waals surface area contributed by atoms with E-state index in [1.165, 1.54) is 13.0 Å². The molecule has 1 aromatic heterocycles. The van der Waals surface area contributed by atoms with Gasteiger partial charge in [-0.15, -0.1) is 0 Å². The largest absolute Gasteiger partial charge is 0.422 e. The van der Waals surface area contributed by atoms with Gasteiger partial charge in [-0.3, -0.25) is 9.59 Å². The Morgan fingerprint density at radius 1 is 0.967 bits per heavy atom. The summed E-state index contributed by atoms with van der Waals surface area (Å²) in [4.78, 5) is 36.0. The van der Waals surface area contributed by atoms with Gasteiger partial charge < -0.3 is 4.42 Å². The minimum Gasteiger partial charge on any atom is -0.422 e. The molecule has 6 nitrogen and oxygen atoms in total. The quantitative estimate of drug-likeness (QED) is 0.422. The van der Waals surface area contributed by atoms with Crippen LogP contribution in [0.15, 0.2) is 57.7 Å². The average molecular weight is 426 g/mol. The monoisotopic (exact) mass is 426 g/mol. The van der Waals surface area contributed by atoms with Gasteiger partial charge in [0.25, 0.3) is 0 Å². The van der Waals surface area contributed by atoms with E-state index in [0.29, 0.717) is 27.7 Å². The number of Topliss-reactive ketones (excluding diaryl/α,β-unsaturated/α-hetero) is 2. The average Bonchev–Trinajstić information content (AvgIpc) is 2.67. The van der Waals surface area contributed by atoms with Gasteiger partial charge in [0, 0.05) is 17.4 Å². The first kappa shape index (κ1) is 21.6. The number of hydrogen-bond donors (Lipinski definition) is 0. The van der Waals surface area contributed by atoms with Crippen LogP contribution in [0.3, 0.4) is 0 Å². The molecule has 0 N–H and O–H groups in total. The van der Waals surface area contributed by atoms with Gasteiger partial charge in [0.2, 0.25) is 0 Å². The highest BCUT2D eigenvalue weighted by atomic mass is 32.2. The number of carbonyl (C=O) groups is 2. The standard InChI is InChI=1S/C23H22O6S/c1-14(2)30(27,28)13-16-4-7-18(8-5-16)21(25)11-17-6-9-22-19(10-17)12-20(15(3)24)23(26)29-22/h4-10,12,14H,11,13H2,1-3H3. The summed E-state index contributed by atoms with van der Waals surface area (Å²) >= 11 is 0. The summed E-state index contributed by atoms with van der Waals surface area (Å²) in [5.41, 5.74) is 1.46. The molecule has 0 aliphatic rings. The zero-order valence-corrected chi connectivity index (χ0v) is 17.8. The van der Waals surface area contributed by atoms with Crippen LogP contribution in [0, 0.1) is 0 Å². The maximum Gasteiger partial charge on any atom is 0.347 e. The molecule has 3 aromatic rings. The van der Waals surface area contributed by atoms with Gasteiger partial charge in [-0.1, -0.05) is 30.3 Å². The highest BCUT2D eigenvalue weighted by molar-refractivity contribution is 7.91. The van der Waals surface area contributed by atoms with E-state index >= 15 is 0 Å². The molecular weight excluding hydrogens is 404 g/mol. The van der Waals surface area contributed by atoms with Crippen LogP contribution in [-0.4, -0.2) is 25.2 Å². The number of fused-ring (bicyclic) bond motifs is 1. The molecule has 0 amide bonds. The minimum atomic E-state index is -3.21. The van der Waals surface area contributed by atoms with E-state index in [4.69, 9.17) is 4.42 Å². The molecular formula is C23H22O6S. The van der Waals surface area contributed by atoms with Crippen LogP contribution >= 0.6 is 0 Å². The van der Waals surface area contributed by atoms with Crippen molar-refractivity contribution in [3.05, 3.63) is 81.2 Å². The number of benzene rings is 2. The molecule has 0 aliphatic carbocycles. The van der Waals surface area contributed by atoms with Gasteiger partial charge in [0.15, 0.2) is 21.4 Å². The molecule has 0 spiro atoms. The van der Waals surface area contributed by atoms with Gasteiger partial charge in [0.05, 0.1) is 11.0 Å². The highest BCUT2D eigenvalue weighted by Gasteiger charge is 2.17. The predicted molar refractivity (Wildman–Crippen MR) is 115 cm³/mol. The summed E-state index contributed by atoms with van der Waals surface area (Å²) in [6, 6.07) is 13.0. The summed E-state index contributed by atoms with van der Waals surface area (Å²) in [7, 11) is -3.21. The molecule has 0 aliphatic heterocycles. The van der Waals surface area contributed by atoms with Crippen molar-refractivity contribution in [3.8, 4) is 0 Å². The lowest BCUT2D eigenvalue weighted by atomic mass is 10.0. The summed E-state index contributed by atoms with van der Waals surface area (Å²) < 4.78 is 29.2. The SMILES string of the molecule is CC(=O)c1cc2cc(CC(=O)c3ccc(CS(=O)(=O)C(C)C)cc3)ccc2oc1=O. The van der Waals surface area contributed by atoms with Crippen molar-refractivity contribution in [1.29, 1.82) is 0 Å². The zero-order valence-electron chi connectivity index (χ0n) is 17.0. The molecule has 0 radical (unpaired) electrons. The summed E-state index contributed by atoms with van der Waals surface area (Å²) in [5, 5.41) is 0.110. The van der Waals surface area contributed by atoms with E-state index in [9.17, 15) is 22.8 Å². The maximum absolute atomic E-state index is 12.6. The molecule has 1 heterocycles. The number of sulfone groups is 1. The van der Waals surface area contributed by atoms with Crippen molar-refractivity contribution in [2.45, 2.75) is 38.2 Å². The topological polar surface area (TPSA) is 98.5 Å². The molecule has 0 fully saturated rings. The van der Waals surface area contributed by atoms with E-state index in [-0.39, 0.29) is 29.3 Å². The third-order valence-corrected chi connectivity index (χ3v) is 7.07. The maximum atomic E-state index is 12.6. The first-order valence-electron chi connectivity index (χ1n) is 9.48. The van der Waals surface area contributed by atoms with Crippen LogP contribution in [0.1, 0.15) is 52.6 Å². The van der Waals surface area contributed by atoms with Crippen LogP contribution in [0.2, 0.25) is 0 Å². The number of carbonyl (C=O) groups excluding carboxylic acids is 2. The molecule has 0 atom stereocenters. The predicted octanol–water partition coefficient (Wildman–Crippen LogP) is 3.74. The molecule has 2 aromatic carbocycles. The Kier molecular flexibility index (Phi) is 6.03. The molecule has 156 valence electrons. The van der Waals surface area contributed by atoms with Crippen molar-refractivity contribution in [2.75, 3.05) is 0 Å². The first-order valence-corrected chi connectivity index (χ1v) is 11.2. The molecule has 3 rings (SSSR count). The fourth-order valence-electron chi connectivity index (χ4n) is 3.00. The lowest BCUT2D eigenvalue weighted by Gasteiger charge is -2.08. The van der Waals surface area contributed by atoms with Crippen molar-refractivity contribution >= 4 is 32.4 Å². The van der Waals surface area contributed by atoms with Crippen LogP contribution in [-0.2, 0) is 22.0 Å². The third-order valence-electron chi connectivity index (χ3n) is 4.90. The van der Waals surface area contributed by atoms with Crippen LogP contribution < -0.4 is 5.63 Å². The second-order valence-corrected chi connectivity index (χ2v) is 10.1. The second-order valence-electron chi connectivity index (χ2n) is 7.53. The molecule has 7 heteroatoms. The van der Waals surface area contributed by atoms with Gasteiger partial charge in [-0.2, -0.15) is 0 Å². The Hall–Kier alpha value is -3.06. The number of rotatable bonds is 7. The molecule has 0 bridgehead atoms. The van der Waals surface area contributed by atoms with Crippen LogP contribution in [0.25, 0.3) is 11.0 Å². The number of hydrogen-bond acceptors (Lipinski definition) is 6. The summed E-state index contributed by atoms with van der Waals surface area (Å²) in [6.45, 7) is 4.57. The smallest absolute Gasteiger partial charge is 0.347 e. The van der Waals surface area contributed by atoms with E-state index in [1.54, 1.807) is 56.3 Å². The van der Waals surface area contributed by atoms with Crippen molar-refractivity contribution in [1.82, 2.24) is 0 Å². The Labute approximate surface area is 174 Å².